The van der Waals surface area contributed by atoms with E-state index in [0.29, 0.717) is 31.5 Å². The molecule has 1 aliphatic heterocycles. The summed E-state index contributed by atoms with van der Waals surface area (Å²) in [7, 11) is 0. The van der Waals surface area contributed by atoms with Crippen molar-refractivity contribution < 1.29 is 18.0 Å². The van der Waals surface area contributed by atoms with Gasteiger partial charge in [-0.2, -0.15) is 13.2 Å². The van der Waals surface area contributed by atoms with Crippen LogP contribution in [-0.2, 0) is 43.2 Å². The van der Waals surface area contributed by atoms with Gasteiger partial charge in [0, 0.05) is 48.6 Å². The van der Waals surface area contributed by atoms with E-state index >= 15 is 0 Å². The van der Waals surface area contributed by atoms with Crippen LogP contribution in [0.5, 0.6) is 0 Å². The number of hydrogen-bond acceptors (Lipinski definition) is 4. The first kappa shape index (κ1) is 18.5. The number of amides is 1. The number of hydrogen-bond donors (Lipinski definition) is 1. The first-order valence-corrected chi connectivity index (χ1v) is 10.1. The Morgan fingerprint density at radius 2 is 2.15 bits per heavy atom. The fourth-order valence-corrected chi connectivity index (χ4v) is 5.02. The molecule has 2 aromatic heterocycles. The number of aromatic nitrogens is 3. The van der Waals surface area contributed by atoms with Gasteiger partial charge in [0.1, 0.15) is 0 Å². The molecule has 3 heterocycles. The Morgan fingerprint density at radius 3 is 2.93 bits per heavy atom. The second kappa shape index (κ2) is 7.26. The number of carbonyl (C=O) groups is 1. The van der Waals surface area contributed by atoms with E-state index in [-0.39, 0.29) is 18.4 Å². The molecule has 0 radical (unpaired) electrons. The van der Waals surface area contributed by atoms with Gasteiger partial charge in [0.2, 0.25) is 11.7 Å². The summed E-state index contributed by atoms with van der Waals surface area (Å²) in [6, 6.07) is 0. The minimum atomic E-state index is -4.46. The third kappa shape index (κ3) is 3.88. The largest absolute Gasteiger partial charge is 0.449 e. The van der Waals surface area contributed by atoms with E-state index in [1.807, 2.05) is 0 Å². The number of nitrogens with one attached hydrogen (secondary N) is 1. The number of imidazole rings is 1. The second-order valence-corrected chi connectivity index (χ2v) is 8.31. The van der Waals surface area contributed by atoms with E-state index in [2.05, 4.69) is 15.3 Å². The van der Waals surface area contributed by atoms with E-state index in [0.717, 1.165) is 17.8 Å². The van der Waals surface area contributed by atoms with Crippen LogP contribution in [0.25, 0.3) is 0 Å². The Bertz CT molecular complexity index is 819. The van der Waals surface area contributed by atoms with E-state index in [1.165, 1.54) is 34.2 Å². The zero-order valence-electron chi connectivity index (χ0n) is 14.8. The lowest BCUT2D eigenvalue weighted by Crippen LogP contribution is -2.36. The van der Waals surface area contributed by atoms with Crippen molar-refractivity contribution in [2.45, 2.75) is 57.7 Å². The van der Waals surface area contributed by atoms with Crippen LogP contribution in [-0.4, -0.2) is 27.0 Å². The predicted molar refractivity (Wildman–Crippen MR) is 94.5 cm³/mol. The standard InChI is InChI=1S/C18H21F3N4OS/c19-18(20,21)17-23-10-12-9-11(6-8-25(12)17)16(26)22-7-5-15-24-13-3-1-2-4-14(13)27-15/h10-11H,1-9H2,(H,22,26)/t11-/m1/s1. The molecule has 5 nitrogen and oxygen atoms in total. The SMILES string of the molecule is O=C(NCCc1nc2c(s1)CCCC2)[C@@H]1CCn2c(cnc2C(F)(F)F)C1. The molecule has 1 atom stereocenters. The summed E-state index contributed by atoms with van der Waals surface area (Å²) < 4.78 is 39.9. The van der Waals surface area contributed by atoms with Crippen molar-refractivity contribution in [1.29, 1.82) is 0 Å². The Labute approximate surface area is 159 Å². The lowest BCUT2D eigenvalue weighted by Gasteiger charge is -2.24. The molecular weight excluding hydrogens is 377 g/mol. The van der Waals surface area contributed by atoms with Crippen molar-refractivity contribution in [3.8, 4) is 0 Å². The van der Waals surface area contributed by atoms with Crippen molar-refractivity contribution in [1.82, 2.24) is 19.9 Å². The molecule has 4 rings (SSSR count). The van der Waals surface area contributed by atoms with Crippen molar-refractivity contribution >= 4 is 17.2 Å². The van der Waals surface area contributed by atoms with Crippen molar-refractivity contribution in [2.24, 2.45) is 5.92 Å². The van der Waals surface area contributed by atoms with Gasteiger partial charge in [0.05, 0.1) is 10.7 Å². The first-order chi connectivity index (χ1) is 12.9. The maximum absolute atomic E-state index is 12.9. The molecule has 0 spiro atoms. The van der Waals surface area contributed by atoms with Gasteiger partial charge in [-0.15, -0.1) is 11.3 Å². The lowest BCUT2D eigenvalue weighted by molar-refractivity contribution is -0.147. The molecule has 0 aromatic carbocycles. The molecule has 2 aromatic rings. The topological polar surface area (TPSA) is 59.8 Å². The van der Waals surface area contributed by atoms with Crippen LogP contribution in [0.15, 0.2) is 6.20 Å². The predicted octanol–water partition coefficient (Wildman–Crippen LogP) is 3.16. The smallest absolute Gasteiger partial charge is 0.355 e. The Balaban J connectivity index is 1.30. The van der Waals surface area contributed by atoms with Crippen LogP contribution in [0.2, 0.25) is 0 Å². The fraction of sp³-hybridized carbons (Fsp3) is 0.611. The molecule has 27 heavy (non-hydrogen) atoms. The van der Waals surface area contributed by atoms with Gasteiger partial charge in [-0.25, -0.2) is 9.97 Å². The van der Waals surface area contributed by atoms with Gasteiger partial charge in [-0.3, -0.25) is 4.79 Å². The molecular formula is C18H21F3N4OS. The number of carbonyl (C=O) groups excluding carboxylic acids is 1. The fourth-order valence-electron chi connectivity index (χ4n) is 3.86. The van der Waals surface area contributed by atoms with Crippen LogP contribution in [0.4, 0.5) is 13.2 Å². The van der Waals surface area contributed by atoms with E-state index in [9.17, 15) is 18.0 Å². The summed E-state index contributed by atoms with van der Waals surface area (Å²) in [6.45, 7) is 0.677. The van der Waals surface area contributed by atoms with Crippen LogP contribution >= 0.6 is 11.3 Å². The molecule has 0 fully saturated rings. The highest BCUT2D eigenvalue weighted by Crippen LogP contribution is 2.32. The maximum atomic E-state index is 12.9. The van der Waals surface area contributed by atoms with Crippen LogP contribution in [0.3, 0.4) is 0 Å². The van der Waals surface area contributed by atoms with Gasteiger partial charge in [0.25, 0.3) is 0 Å². The molecule has 0 bridgehead atoms. The first-order valence-electron chi connectivity index (χ1n) is 9.28. The van der Waals surface area contributed by atoms with Gasteiger partial charge >= 0.3 is 6.18 Å². The van der Waals surface area contributed by atoms with Gasteiger partial charge in [-0.1, -0.05) is 0 Å². The summed E-state index contributed by atoms with van der Waals surface area (Å²) >= 11 is 1.74. The summed E-state index contributed by atoms with van der Waals surface area (Å²) in [4.78, 5) is 22.0. The summed E-state index contributed by atoms with van der Waals surface area (Å²) in [5.74, 6) is -1.28. The van der Waals surface area contributed by atoms with Crippen molar-refractivity contribution in [3.63, 3.8) is 0 Å². The van der Waals surface area contributed by atoms with Crippen molar-refractivity contribution in [2.75, 3.05) is 6.54 Å². The van der Waals surface area contributed by atoms with E-state index in [1.54, 1.807) is 11.3 Å². The number of fused-ring (bicyclic) bond motifs is 2. The zero-order valence-corrected chi connectivity index (χ0v) is 15.6. The lowest BCUT2D eigenvalue weighted by atomic mass is 9.95. The minimum absolute atomic E-state index is 0.0997. The number of nitrogens with zero attached hydrogens (tertiary/aromatic N) is 3. The Kier molecular flexibility index (Phi) is 4.96. The minimum Gasteiger partial charge on any atom is -0.355 e. The van der Waals surface area contributed by atoms with Crippen LogP contribution in [0, 0.1) is 5.92 Å². The normalized spacial score (nSPS) is 19.4. The third-order valence-electron chi connectivity index (χ3n) is 5.25. The Morgan fingerprint density at radius 1 is 1.33 bits per heavy atom. The van der Waals surface area contributed by atoms with Crippen molar-refractivity contribution in [3.05, 3.63) is 33.3 Å². The van der Waals surface area contributed by atoms with Crippen LogP contribution in [0.1, 0.15) is 46.4 Å². The van der Waals surface area contributed by atoms with Gasteiger partial charge < -0.3 is 9.88 Å². The number of alkyl halides is 3. The molecule has 2 aliphatic rings. The van der Waals surface area contributed by atoms with E-state index in [4.69, 9.17) is 0 Å². The molecule has 146 valence electrons. The molecule has 0 saturated carbocycles. The zero-order chi connectivity index (χ0) is 19.0. The summed E-state index contributed by atoms with van der Waals surface area (Å²) in [5, 5.41) is 3.98. The third-order valence-corrected chi connectivity index (χ3v) is 6.46. The molecule has 9 heteroatoms. The van der Waals surface area contributed by atoms with E-state index < -0.39 is 12.0 Å². The molecule has 0 unspecified atom stereocenters. The second-order valence-electron chi connectivity index (χ2n) is 7.14. The Hall–Kier alpha value is -1.90. The number of thiazole rings is 1. The molecule has 0 saturated heterocycles. The molecule has 1 amide bonds. The number of halogens is 3. The highest BCUT2D eigenvalue weighted by Gasteiger charge is 2.39. The highest BCUT2D eigenvalue weighted by atomic mass is 32.1. The summed E-state index contributed by atoms with van der Waals surface area (Å²) in [6.07, 6.45) is 2.74. The van der Waals surface area contributed by atoms with Gasteiger partial charge in [0.15, 0.2) is 0 Å². The van der Waals surface area contributed by atoms with Crippen LogP contribution < -0.4 is 5.32 Å². The molecule has 1 aliphatic carbocycles. The average Bonchev–Trinajstić information content (AvgIpc) is 3.24. The summed E-state index contributed by atoms with van der Waals surface area (Å²) in [5.41, 5.74) is 1.69. The highest BCUT2D eigenvalue weighted by molar-refractivity contribution is 7.11. The maximum Gasteiger partial charge on any atom is 0.449 e. The monoisotopic (exact) mass is 398 g/mol. The quantitative estimate of drug-likeness (QED) is 0.861. The van der Waals surface area contributed by atoms with Gasteiger partial charge in [-0.05, 0) is 32.1 Å². The number of aryl methyl sites for hydroxylation is 2. The molecule has 1 N–H and O–H groups in total. The average molecular weight is 398 g/mol. The number of rotatable bonds is 4.